The molecule has 0 aromatic heterocycles. The normalized spacial score (nSPS) is 11.6. The van der Waals surface area contributed by atoms with E-state index in [1.54, 1.807) is 18.2 Å². The number of carbonyl (C=O) groups excluding carboxylic acids is 1. The number of thiocarbonyl (C=S) groups is 1. The third-order valence-electron chi connectivity index (χ3n) is 2.89. The van der Waals surface area contributed by atoms with Crippen molar-refractivity contribution >= 4 is 28.8 Å². The zero-order valence-corrected chi connectivity index (χ0v) is 13.5. The molecule has 1 unspecified atom stereocenters. The summed E-state index contributed by atoms with van der Waals surface area (Å²) in [5.74, 6) is 0.525. The second-order valence-electron chi connectivity index (χ2n) is 4.38. The van der Waals surface area contributed by atoms with Crippen molar-refractivity contribution in [3.8, 4) is 11.5 Å². The van der Waals surface area contributed by atoms with E-state index in [-0.39, 0.29) is 10.9 Å². The van der Waals surface area contributed by atoms with Crippen LogP contribution in [-0.4, -0.2) is 24.1 Å². The van der Waals surface area contributed by atoms with E-state index < -0.39 is 5.92 Å². The number of rotatable bonds is 8. The van der Waals surface area contributed by atoms with E-state index in [9.17, 15) is 4.79 Å². The molecule has 0 aliphatic rings. The Bertz CT molecular complexity index is 506. The average Bonchev–Trinajstić information content (AvgIpc) is 2.42. The molecule has 0 bridgehead atoms. The molecule has 6 heteroatoms. The number of anilines is 1. The molecule has 0 aliphatic carbocycles. The van der Waals surface area contributed by atoms with Crippen molar-refractivity contribution in [2.45, 2.75) is 27.2 Å². The van der Waals surface area contributed by atoms with Crippen LogP contribution >= 0.6 is 12.2 Å². The van der Waals surface area contributed by atoms with Crippen LogP contribution in [0.1, 0.15) is 27.2 Å². The quantitative estimate of drug-likeness (QED) is 0.722. The fraction of sp³-hybridized carbons (Fsp3) is 0.467. The van der Waals surface area contributed by atoms with Gasteiger partial charge in [0.05, 0.1) is 29.8 Å². The summed E-state index contributed by atoms with van der Waals surface area (Å²) in [5.41, 5.74) is 6.15. The molecule has 0 saturated carbocycles. The largest absolute Gasteiger partial charge is 0.494 e. The lowest BCUT2D eigenvalue weighted by molar-refractivity contribution is -0.118. The minimum atomic E-state index is -0.495. The second-order valence-corrected chi connectivity index (χ2v) is 4.85. The first kappa shape index (κ1) is 17.2. The molecule has 0 aliphatic heterocycles. The third-order valence-corrected chi connectivity index (χ3v) is 3.17. The summed E-state index contributed by atoms with van der Waals surface area (Å²) >= 11 is 4.92. The van der Waals surface area contributed by atoms with Gasteiger partial charge in [0, 0.05) is 6.07 Å². The molecule has 0 spiro atoms. The van der Waals surface area contributed by atoms with Gasteiger partial charge >= 0.3 is 0 Å². The molecular weight excluding hydrogens is 288 g/mol. The van der Waals surface area contributed by atoms with E-state index in [4.69, 9.17) is 27.4 Å². The van der Waals surface area contributed by atoms with E-state index in [0.717, 1.165) is 0 Å². The van der Waals surface area contributed by atoms with Crippen molar-refractivity contribution in [1.29, 1.82) is 0 Å². The molecule has 3 N–H and O–H groups in total. The summed E-state index contributed by atoms with van der Waals surface area (Å²) in [6.07, 6.45) is 0.552. The molecule has 1 rings (SSSR count). The molecule has 0 fully saturated rings. The van der Waals surface area contributed by atoms with E-state index in [2.05, 4.69) is 5.32 Å². The van der Waals surface area contributed by atoms with E-state index >= 15 is 0 Å². The third kappa shape index (κ3) is 4.90. The van der Waals surface area contributed by atoms with Crippen molar-refractivity contribution in [3.05, 3.63) is 18.2 Å². The van der Waals surface area contributed by atoms with Crippen LogP contribution in [0.5, 0.6) is 11.5 Å². The van der Waals surface area contributed by atoms with Gasteiger partial charge in [0.25, 0.3) is 0 Å². The van der Waals surface area contributed by atoms with Crippen LogP contribution in [0.25, 0.3) is 0 Å². The van der Waals surface area contributed by atoms with Crippen LogP contribution in [0.15, 0.2) is 18.2 Å². The standard InChI is InChI=1S/C15H22N2O3S/c1-4-11(14(16)21)15(18)17-12-9-10(19-5-2)7-8-13(12)20-6-3/h7-9,11H,4-6H2,1-3H3,(H2,16,21)(H,17,18). The Labute approximate surface area is 130 Å². The van der Waals surface area contributed by atoms with Crippen molar-refractivity contribution in [2.75, 3.05) is 18.5 Å². The van der Waals surface area contributed by atoms with Gasteiger partial charge in [-0.3, -0.25) is 4.79 Å². The molecule has 5 nitrogen and oxygen atoms in total. The summed E-state index contributed by atoms with van der Waals surface area (Å²) in [4.78, 5) is 12.4. The maximum Gasteiger partial charge on any atom is 0.234 e. The molecule has 1 aromatic rings. The Kier molecular flexibility index (Phi) is 6.94. The average molecular weight is 310 g/mol. The van der Waals surface area contributed by atoms with Gasteiger partial charge in [0.15, 0.2) is 0 Å². The number of benzene rings is 1. The molecule has 1 amide bonds. The van der Waals surface area contributed by atoms with Crippen LogP contribution in [0.2, 0.25) is 0 Å². The second kappa shape index (κ2) is 8.46. The van der Waals surface area contributed by atoms with Gasteiger partial charge in [-0.05, 0) is 32.4 Å². The molecular formula is C15H22N2O3S. The fourth-order valence-corrected chi connectivity index (χ4v) is 2.15. The summed E-state index contributed by atoms with van der Waals surface area (Å²) < 4.78 is 10.9. The first-order valence-corrected chi connectivity index (χ1v) is 7.44. The predicted octanol–water partition coefficient (Wildman–Crippen LogP) is 2.73. The Morgan fingerprint density at radius 3 is 2.48 bits per heavy atom. The molecule has 1 atom stereocenters. The summed E-state index contributed by atoms with van der Waals surface area (Å²) in [5, 5.41) is 2.82. The minimum absolute atomic E-state index is 0.189. The van der Waals surface area contributed by atoms with Gasteiger partial charge in [-0.15, -0.1) is 0 Å². The molecule has 1 aromatic carbocycles. The van der Waals surface area contributed by atoms with Crippen molar-refractivity contribution in [3.63, 3.8) is 0 Å². The van der Waals surface area contributed by atoms with Crippen LogP contribution < -0.4 is 20.5 Å². The van der Waals surface area contributed by atoms with Gasteiger partial charge in [0.1, 0.15) is 11.5 Å². The van der Waals surface area contributed by atoms with Gasteiger partial charge < -0.3 is 20.5 Å². The van der Waals surface area contributed by atoms with E-state index in [0.29, 0.717) is 36.8 Å². The van der Waals surface area contributed by atoms with Gasteiger partial charge in [-0.1, -0.05) is 19.1 Å². The maximum absolute atomic E-state index is 12.2. The first-order chi connectivity index (χ1) is 10.0. The Morgan fingerprint density at radius 1 is 1.29 bits per heavy atom. The number of amides is 1. The summed E-state index contributed by atoms with van der Waals surface area (Å²) in [6.45, 7) is 6.69. The zero-order chi connectivity index (χ0) is 15.8. The number of nitrogens with one attached hydrogen (secondary N) is 1. The van der Waals surface area contributed by atoms with Crippen LogP contribution in [-0.2, 0) is 4.79 Å². The molecule has 21 heavy (non-hydrogen) atoms. The fourth-order valence-electron chi connectivity index (χ4n) is 1.88. The maximum atomic E-state index is 12.2. The van der Waals surface area contributed by atoms with Crippen molar-refractivity contribution in [2.24, 2.45) is 11.7 Å². The topological polar surface area (TPSA) is 73.6 Å². The van der Waals surface area contributed by atoms with Gasteiger partial charge in [-0.25, -0.2) is 0 Å². The summed E-state index contributed by atoms with van der Waals surface area (Å²) in [6, 6.07) is 5.31. The Balaban J connectivity index is 2.99. The lowest BCUT2D eigenvalue weighted by Crippen LogP contribution is -2.32. The Morgan fingerprint density at radius 2 is 1.95 bits per heavy atom. The molecule has 116 valence electrons. The zero-order valence-electron chi connectivity index (χ0n) is 12.6. The Hall–Kier alpha value is -1.82. The van der Waals surface area contributed by atoms with Crippen molar-refractivity contribution in [1.82, 2.24) is 0 Å². The molecule has 0 radical (unpaired) electrons. The highest BCUT2D eigenvalue weighted by atomic mass is 32.1. The SMILES string of the molecule is CCOc1ccc(OCC)c(NC(=O)C(CC)C(N)=S)c1. The van der Waals surface area contributed by atoms with Gasteiger partial charge in [0.2, 0.25) is 5.91 Å². The number of ether oxygens (including phenoxy) is 2. The number of hydrogen-bond acceptors (Lipinski definition) is 4. The summed E-state index contributed by atoms with van der Waals surface area (Å²) in [7, 11) is 0. The smallest absolute Gasteiger partial charge is 0.234 e. The van der Waals surface area contributed by atoms with Crippen LogP contribution in [0.4, 0.5) is 5.69 Å². The van der Waals surface area contributed by atoms with Crippen LogP contribution in [0, 0.1) is 5.92 Å². The highest BCUT2D eigenvalue weighted by Crippen LogP contribution is 2.30. The van der Waals surface area contributed by atoms with Crippen LogP contribution in [0.3, 0.4) is 0 Å². The highest BCUT2D eigenvalue weighted by Gasteiger charge is 2.20. The highest BCUT2D eigenvalue weighted by molar-refractivity contribution is 7.80. The lowest BCUT2D eigenvalue weighted by Gasteiger charge is -2.17. The minimum Gasteiger partial charge on any atom is -0.494 e. The predicted molar refractivity (Wildman–Crippen MR) is 88.0 cm³/mol. The number of carbonyl (C=O) groups is 1. The van der Waals surface area contributed by atoms with E-state index in [1.807, 2.05) is 20.8 Å². The first-order valence-electron chi connectivity index (χ1n) is 7.03. The number of hydrogen-bond donors (Lipinski definition) is 2. The molecule has 0 saturated heterocycles. The van der Waals surface area contributed by atoms with Gasteiger partial charge in [-0.2, -0.15) is 0 Å². The van der Waals surface area contributed by atoms with E-state index in [1.165, 1.54) is 0 Å². The monoisotopic (exact) mass is 310 g/mol. The molecule has 0 heterocycles. The number of nitrogens with two attached hydrogens (primary N) is 1. The van der Waals surface area contributed by atoms with Crippen molar-refractivity contribution < 1.29 is 14.3 Å². The lowest BCUT2D eigenvalue weighted by atomic mass is 10.1.